The number of fused-ring (bicyclic) bond motifs is 2. The van der Waals surface area contributed by atoms with Crippen LogP contribution in [0, 0.1) is 11.3 Å². The Kier molecular flexibility index (Phi) is 5.47. The van der Waals surface area contributed by atoms with Gasteiger partial charge in [-0.05, 0) is 68.5 Å². The Morgan fingerprint density at radius 2 is 1.94 bits per heavy atom. The van der Waals surface area contributed by atoms with Gasteiger partial charge in [-0.3, -0.25) is 14.7 Å². The van der Waals surface area contributed by atoms with Crippen molar-refractivity contribution in [3.63, 3.8) is 0 Å². The van der Waals surface area contributed by atoms with Gasteiger partial charge in [-0.1, -0.05) is 30.2 Å². The van der Waals surface area contributed by atoms with E-state index in [1.165, 1.54) is 5.56 Å². The zero-order chi connectivity index (χ0) is 23.1. The third kappa shape index (κ3) is 3.83. The molecule has 4 aromatic rings. The lowest BCUT2D eigenvalue weighted by molar-refractivity contribution is 0.461. The van der Waals surface area contributed by atoms with E-state index in [0.29, 0.717) is 22.9 Å². The Morgan fingerprint density at radius 1 is 1.12 bits per heavy atom. The van der Waals surface area contributed by atoms with E-state index in [9.17, 15) is 10.1 Å². The standard InChI is InChI=1S/C25H25N7OS/c26-13-17-11-18-14-28-24(30-22(18)32(23(17)33)19-3-1-2-4-19)31-25-29-20-6-5-16(12-21(20)34-25)15-7-9-27-10-8-15/h5-6,11-12,14-15,19,27H,1-4,7-10H2,(H,28,29,30,31). The van der Waals surface area contributed by atoms with Gasteiger partial charge in [0.15, 0.2) is 5.13 Å². The minimum Gasteiger partial charge on any atom is -0.317 e. The number of thiazole rings is 1. The lowest BCUT2D eigenvalue weighted by Crippen LogP contribution is -2.26. The highest BCUT2D eigenvalue weighted by atomic mass is 32.1. The second kappa shape index (κ2) is 8.78. The zero-order valence-corrected chi connectivity index (χ0v) is 19.6. The predicted molar refractivity (Wildman–Crippen MR) is 134 cm³/mol. The van der Waals surface area contributed by atoms with E-state index in [-0.39, 0.29) is 17.2 Å². The van der Waals surface area contributed by atoms with E-state index in [1.54, 1.807) is 28.2 Å². The van der Waals surface area contributed by atoms with Gasteiger partial charge in [-0.25, -0.2) is 9.97 Å². The maximum atomic E-state index is 13.0. The molecule has 0 atom stereocenters. The maximum absolute atomic E-state index is 13.0. The Labute approximate surface area is 200 Å². The minimum absolute atomic E-state index is 0.0712. The first-order valence-corrected chi connectivity index (χ1v) is 12.7. The molecule has 1 aliphatic heterocycles. The molecule has 9 heteroatoms. The van der Waals surface area contributed by atoms with Crippen molar-refractivity contribution in [3.05, 3.63) is 51.9 Å². The van der Waals surface area contributed by atoms with Crippen molar-refractivity contribution in [2.75, 3.05) is 18.4 Å². The molecule has 1 aliphatic carbocycles. The number of nitrogens with one attached hydrogen (secondary N) is 2. The van der Waals surface area contributed by atoms with Crippen molar-refractivity contribution in [3.8, 4) is 6.07 Å². The van der Waals surface area contributed by atoms with Gasteiger partial charge in [-0.15, -0.1) is 0 Å². The summed E-state index contributed by atoms with van der Waals surface area (Å²) < 4.78 is 2.85. The average molecular weight is 472 g/mol. The molecule has 6 rings (SSSR count). The van der Waals surface area contributed by atoms with Crippen molar-refractivity contribution >= 4 is 43.7 Å². The largest absolute Gasteiger partial charge is 0.317 e. The number of nitrogens with zero attached hydrogens (tertiary/aromatic N) is 5. The topological polar surface area (TPSA) is 109 Å². The highest BCUT2D eigenvalue weighted by Gasteiger charge is 2.23. The lowest BCUT2D eigenvalue weighted by Gasteiger charge is -2.22. The normalized spacial score (nSPS) is 17.4. The van der Waals surface area contributed by atoms with Crippen molar-refractivity contribution in [2.45, 2.75) is 50.5 Å². The van der Waals surface area contributed by atoms with Gasteiger partial charge in [0.05, 0.1) is 10.2 Å². The van der Waals surface area contributed by atoms with Gasteiger partial charge in [0.1, 0.15) is 17.3 Å². The van der Waals surface area contributed by atoms with Crippen molar-refractivity contribution in [2.24, 2.45) is 0 Å². The predicted octanol–water partition coefficient (Wildman–Crippen LogP) is 4.60. The minimum atomic E-state index is -0.267. The summed E-state index contributed by atoms with van der Waals surface area (Å²) in [6.45, 7) is 2.14. The average Bonchev–Trinajstić information content (AvgIpc) is 3.53. The Hall–Kier alpha value is -3.35. The Balaban J connectivity index is 1.35. The summed E-state index contributed by atoms with van der Waals surface area (Å²) in [5.74, 6) is 1.000. The quantitative estimate of drug-likeness (QED) is 0.448. The third-order valence-corrected chi connectivity index (χ3v) is 7.96. The molecule has 0 unspecified atom stereocenters. The molecule has 0 spiro atoms. The molecule has 0 amide bonds. The Morgan fingerprint density at radius 3 is 2.74 bits per heavy atom. The molecular formula is C25H25N7OS. The molecular weight excluding hydrogens is 446 g/mol. The first kappa shape index (κ1) is 21.2. The summed E-state index contributed by atoms with van der Waals surface area (Å²) in [5, 5.41) is 17.5. The lowest BCUT2D eigenvalue weighted by atomic mass is 9.90. The van der Waals surface area contributed by atoms with Crippen LogP contribution in [0.1, 0.15) is 61.6 Å². The van der Waals surface area contributed by atoms with Gasteiger partial charge >= 0.3 is 0 Å². The molecule has 1 saturated carbocycles. The SMILES string of the molecule is N#Cc1cc2cnc(Nc3nc4ccc(C5CCNCC5)cc4s3)nc2n(C2CCCC2)c1=O. The molecule has 34 heavy (non-hydrogen) atoms. The fraction of sp³-hybridized carbons (Fsp3) is 0.400. The number of rotatable bonds is 4. The molecule has 2 fully saturated rings. The van der Waals surface area contributed by atoms with Gasteiger partial charge in [0.2, 0.25) is 5.95 Å². The van der Waals surface area contributed by atoms with E-state index in [1.807, 2.05) is 6.07 Å². The molecule has 172 valence electrons. The van der Waals surface area contributed by atoms with Crippen LogP contribution in [0.2, 0.25) is 0 Å². The number of pyridine rings is 1. The number of nitriles is 1. The third-order valence-electron chi connectivity index (χ3n) is 7.03. The first-order valence-electron chi connectivity index (χ1n) is 11.9. The number of hydrogen-bond donors (Lipinski definition) is 2. The van der Waals surface area contributed by atoms with Gasteiger partial charge < -0.3 is 5.32 Å². The van der Waals surface area contributed by atoms with Crippen LogP contribution in [-0.2, 0) is 0 Å². The van der Waals surface area contributed by atoms with Crippen molar-refractivity contribution in [1.82, 2.24) is 24.8 Å². The van der Waals surface area contributed by atoms with Crippen LogP contribution in [0.3, 0.4) is 0 Å². The number of aromatic nitrogens is 4. The highest BCUT2D eigenvalue weighted by Crippen LogP contribution is 2.34. The fourth-order valence-corrected chi connectivity index (χ4v) is 6.17. The summed E-state index contributed by atoms with van der Waals surface area (Å²) in [4.78, 5) is 26.9. The summed E-state index contributed by atoms with van der Waals surface area (Å²) in [6, 6.07) is 10.2. The highest BCUT2D eigenvalue weighted by molar-refractivity contribution is 7.22. The summed E-state index contributed by atoms with van der Waals surface area (Å²) in [7, 11) is 0. The molecule has 4 heterocycles. The second-order valence-electron chi connectivity index (χ2n) is 9.15. The number of anilines is 2. The smallest absolute Gasteiger partial charge is 0.270 e. The monoisotopic (exact) mass is 471 g/mol. The van der Waals surface area contributed by atoms with Crippen LogP contribution in [0.25, 0.3) is 21.3 Å². The fourth-order valence-electron chi connectivity index (χ4n) is 5.26. The van der Waals surface area contributed by atoms with Crippen LogP contribution in [-0.4, -0.2) is 32.6 Å². The Bertz CT molecular complexity index is 1470. The first-order chi connectivity index (χ1) is 16.7. The van der Waals surface area contributed by atoms with E-state index in [4.69, 9.17) is 9.97 Å². The van der Waals surface area contributed by atoms with Gasteiger partial charge in [0, 0.05) is 17.6 Å². The molecule has 2 aliphatic rings. The van der Waals surface area contributed by atoms with Gasteiger partial charge in [-0.2, -0.15) is 10.2 Å². The molecule has 2 N–H and O–H groups in total. The van der Waals surface area contributed by atoms with Crippen LogP contribution < -0.4 is 16.2 Å². The van der Waals surface area contributed by atoms with Crippen LogP contribution in [0.4, 0.5) is 11.1 Å². The number of piperidine rings is 1. The van der Waals surface area contributed by atoms with Crippen molar-refractivity contribution in [1.29, 1.82) is 5.26 Å². The molecule has 0 radical (unpaired) electrons. The molecule has 8 nitrogen and oxygen atoms in total. The molecule has 1 aromatic carbocycles. The second-order valence-corrected chi connectivity index (χ2v) is 10.2. The van der Waals surface area contributed by atoms with Crippen molar-refractivity contribution < 1.29 is 0 Å². The van der Waals surface area contributed by atoms with Crippen LogP contribution in [0.15, 0.2) is 35.3 Å². The maximum Gasteiger partial charge on any atom is 0.270 e. The molecule has 1 saturated heterocycles. The van der Waals surface area contributed by atoms with E-state index in [2.05, 4.69) is 33.8 Å². The van der Waals surface area contributed by atoms with E-state index >= 15 is 0 Å². The van der Waals surface area contributed by atoms with E-state index in [0.717, 1.165) is 67.0 Å². The summed E-state index contributed by atoms with van der Waals surface area (Å²) in [5.41, 5.74) is 2.77. The molecule has 3 aromatic heterocycles. The summed E-state index contributed by atoms with van der Waals surface area (Å²) >= 11 is 1.58. The summed E-state index contributed by atoms with van der Waals surface area (Å²) in [6.07, 6.45) is 8.02. The molecule has 0 bridgehead atoms. The number of hydrogen-bond acceptors (Lipinski definition) is 8. The zero-order valence-electron chi connectivity index (χ0n) is 18.8. The van der Waals surface area contributed by atoms with Crippen LogP contribution >= 0.6 is 11.3 Å². The number of benzene rings is 1. The van der Waals surface area contributed by atoms with Crippen LogP contribution in [0.5, 0.6) is 0 Å². The van der Waals surface area contributed by atoms with E-state index < -0.39 is 0 Å². The van der Waals surface area contributed by atoms with Gasteiger partial charge in [0.25, 0.3) is 5.56 Å².